The number of nitrogens with two attached hydrogens (primary N) is 1. The molecule has 0 saturated heterocycles. The Labute approximate surface area is 126 Å². The van der Waals surface area contributed by atoms with Crippen molar-refractivity contribution in [2.75, 3.05) is 0 Å². The normalized spacial score (nSPS) is 24.6. The van der Waals surface area contributed by atoms with Gasteiger partial charge in [-0.05, 0) is 62.0 Å². The predicted molar refractivity (Wildman–Crippen MR) is 84.6 cm³/mol. The maximum atomic E-state index is 12.3. The Morgan fingerprint density at radius 2 is 1.86 bits per heavy atom. The molecule has 1 aromatic rings. The van der Waals surface area contributed by atoms with Gasteiger partial charge in [0.25, 0.3) is 0 Å². The first-order valence-corrected chi connectivity index (χ1v) is 8.52. The molecule has 2 unspecified atom stereocenters. The van der Waals surface area contributed by atoms with Crippen LogP contribution in [0.25, 0.3) is 0 Å². The molecular weight excluding hydrogens is 262 g/mol. The Morgan fingerprint density at radius 1 is 1.14 bits per heavy atom. The van der Waals surface area contributed by atoms with E-state index in [1.807, 2.05) is 6.92 Å². The van der Waals surface area contributed by atoms with Crippen molar-refractivity contribution in [1.29, 1.82) is 0 Å². The molecule has 1 fully saturated rings. The summed E-state index contributed by atoms with van der Waals surface area (Å²) in [5, 5.41) is 0. The zero-order chi connectivity index (χ0) is 15.0. The molecule has 21 heavy (non-hydrogen) atoms. The van der Waals surface area contributed by atoms with Crippen LogP contribution in [0.4, 0.5) is 0 Å². The van der Waals surface area contributed by atoms with Crippen molar-refractivity contribution < 1.29 is 4.42 Å². The summed E-state index contributed by atoms with van der Waals surface area (Å²) in [5.74, 6) is 1.96. The Hall–Kier alpha value is -1.09. The minimum absolute atomic E-state index is 0.135. The molecule has 0 aliphatic heterocycles. The van der Waals surface area contributed by atoms with Gasteiger partial charge in [-0.15, -0.1) is 0 Å². The van der Waals surface area contributed by atoms with Crippen LogP contribution >= 0.6 is 0 Å². The summed E-state index contributed by atoms with van der Waals surface area (Å²) in [5.41, 5.74) is 9.54. The van der Waals surface area contributed by atoms with Crippen LogP contribution in [0.5, 0.6) is 0 Å². The Kier molecular flexibility index (Phi) is 4.21. The van der Waals surface area contributed by atoms with Crippen LogP contribution < -0.4 is 11.4 Å². The van der Waals surface area contributed by atoms with Crippen LogP contribution in [0.2, 0.25) is 0 Å². The standard InChI is InChI=1S/C18H27NO2/c1-11-8-9-14-15(10-11)16(13-6-4-3-5-7-13)17(12(2)19)21-18(14)20/h11-13H,3-10,19H2,1-2H3. The molecular formula is C18H27NO2. The van der Waals surface area contributed by atoms with E-state index in [0.717, 1.165) is 30.6 Å². The van der Waals surface area contributed by atoms with E-state index in [-0.39, 0.29) is 11.7 Å². The highest BCUT2D eigenvalue weighted by Gasteiger charge is 2.30. The average molecular weight is 289 g/mol. The molecule has 3 nitrogen and oxygen atoms in total. The number of hydrogen-bond donors (Lipinski definition) is 1. The average Bonchev–Trinajstić information content (AvgIpc) is 2.47. The number of rotatable bonds is 2. The molecule has 0 aromatic carbocycles. The molecule has 0 bridgehead atoms. The van der Waals surface area contributed by atoms with Gasteiger partial charge in [0.15, 0.2) is 0 Å². The molecule has 0 spiro atoms. The summed E-state index contributed by atoms with van der Waals surface area (Å²) in [6.45, 7) is 4.22. The van der Waals surface area contributed by atoms with Crippen LogP contribution in [0, 0.1) is 5.92 Å². The summed E-state index contributed by atoms with van der Waals surface area (Å²) in [7, 11) is 0. The largest absolute Gasteiger partial charge is 0.426 e. The van der Waals surface area contributed by atoms with E-state index in [0.29, 0.717) is 11.8 Å². The fraction of sp³-hybridized carbons (Fsp3) is 0.722. The molecule has 1 saturated carbocycles. The molecule has 0 radical (unpaired) electrons. The van der Waals surface area contributed by atoms with Gasteiger partial charge in [-0.1, -0.05) is 26.2 Å². The second kappa shape index (κ2) is 5.96. The Balaban J connectivity index is 2.15. The van der Waals surface area contributed by atoms with Crippen molar-refractivity contribution in [1.82, 2.24) is 0 Å². The zero-order valence-electron chi connectivity index (χ0n) is 13.3. The molecule has 2 aliphatic carbocycles. The van der Waals surface area contributed by atoms with Crippen molar-refractivity contribution in [3.05, 3.63) is 32.9 Å². The minimum Gasteiger partial charge on any atom is -0.426 e. The van der Waals surface area contributed by atoms with E-state index >= 15 is 0 Å². The maximum Gasteiger partial charge on any atom is 0.339 e. The number of fused-ring (bicyclic) bond motifs is 1. The van der Waals surface area contributed by atoms with Crippen molar-refractivity contribution in [2.45, 2.75) is 77.2 Å². The lowest BCUT2D eigenvalue weighted by Gasteiger charge is -2.31. The van der Waals surface area contributed by atoms with E-state index in [4.69, 9.17) is 10.2 Å². The van der Waals surface area contributed by atoms with E-state index in [1.54, 1.807) is 0 Å². The van der Waals surface area contributed by atoms with Crippen molar-refractivity contribution in [2.24, 2.45) is 11.7 Å². The summed E-state index contributed by atoms with van der Waals surface area (Å²) < 4.78 is 5.68. The van der Waals surface area contributed by atoms with Gasteiger partial charge in [0.2, 0.25) is 0 Å². The van der Waals surface area contributed by atoms with E-state index in [2.05, 4.69) is 6.92 Å². The van der Waals surface area contributed by atoms with Crippen LogP contribution in [0.1, 0.15) is 86.8 Å². The lowest BCUT2D eigenvalue weighted by atomic mass is 9.75. The van der Waals surface area contributed by atoms with Crippen LogP contribution in [-0.2, 0) is 12.8 Å². The highest BCUT2D eigenvalue weighted by Crippen LogP contribution is 2.40. The summed E-state index contributed by atoms with van der Waals surface area (Å²) in [6, 6.07) is -0.197. The highest BCUT2D eigenvalue weighted by atomic mass is 16.4. The summed E-state index contributed by atoms with van der Waals surface area (Å²) >= 11 is 0. The van der Waals surface area contributed by atoms with Crippen LogP contribution in [0.15, 0.2) is 9.21 Å². The van der Waals surface area contributed by atoms with E-state index in [9.17, 15) is 4.79 Å². The van der Waals surface area contributed by atoms with Gasteiger partial charge >= 0.3 is 5.63 Å². The highest BCUT2D eigenvalue weighted by molar-refractivity contribution is 5.40. The van der Waals surface area contributed by atoms with Gasteiger partial charge in [0.05, 0.1) is 6.04 Å². The second-order valence-corrected chi connectivity index (χ2v) is 7.10. The molecule has 2 aliphatic rings. The maximum absolute atomic E-state index is 12.3. The van der Waals surface area contributed by atoms with Crippen molar-refractivity contribution in [3.63, 3.8) is 0 Å². The monoisotopic (exact) mass is 289 g/mol. The van der Waals surface area contributed by atoms with Gasteiger partial charge in [-0.3, -0.25) is 0 Å². The van der Waals surface area contributed by atoms with Gasteiger partial charge in [0.1, 0.15) is 5.76 Å². The van der Waals surface area contributed by atoms with E-state index < -0.39 is 0 Å². The topological polar surface area (TPSA) is 56.2 Å². The second-order valence-electron chi connectivity index (χ2n) is 7.10. The molecule has 1 heterocycles. The van der Waals surface area contributed by atoms with E-state index in [1.165, 1.54) is 43.2 Å². The predicted octanol–water partition coefficient (Wildman–Crippen LogP) is 3.83. The van der Waals surface area contributed by atoms with Crippen LogP contribution in [-0.4, -0.2) is 0 Å². The van der Waals surface area contributed by atoms with Gasteiger partial charge in [-0.25, -0.2) is 4.79 Å². The third-order valence-electron chi connectivity index (χ3n) is 5.27. The Bertz CT molecular complexity index is 567. The molecule has 2 atom stereocenters. The van der Waals surface area contributed by atoms with Gasteiger partial charge in [-0.2, -0.15) is 0 Å². The lowest BCUT2D eigenvalue weighted by molar-refractivity contribution is 0.370. The molecule has 3 rings (SSSR count). The first-order valence-electron chi connectivity index (χ1n) is 8.52. The third kappa shape index (κ3) is 2.80. The zero-order valence-corrected chi connectivity index (χ0v) is 13.3. The molecule has 1 aromatic heterocycles. The molecule has 0 amide bonds. The van der Waals surface area contributed by atoms with Crippen LogP contribution in [0.3, 0.4) is 0 Å². The summed E-state index contributed by atoms with van der Waals surface area (Å²) in [6.07, 6.45) is 9.32. The van der Waals surface area contributed by atoms with Gasteiger partial charge in [0, 0.05) is 5.56 Å². The Morgan fingerprint density at radius 3 is 2.52 bits per heavy atom. The first kappa shape index (κ1) is 14.8. The van der Waals surface area contributed by atoms with Gasteiger partial charge < -0.3 is 10.2 Å². The molecule has 116 valence electrons. The quantitative estimate of drug-likeness (QED) is 0.900. The smallest absolute Gasteiger partial charge is 0.339 e. The first-order chi connectivity index (χ1) is 10.1. The fourth-order valence-corrected chi connectivity index (χ4v) is 4.16. The molecule has 3 heteroatoms. The number of hydrogen-bond acceptors (Lipinski definition) is 3. The summed E-state index contributed by atoms with van der Waals surface area (Å²) in [4.78, 5) is 12.3. The molecule has 2 N–H and O–H groups in total. The third-order valence-corrected chi connectivity index (χ3v) is 5.27. The minimum atomic E-state index is -0.197. The SMILES string of the molecule is CC1CCc2c(c(C3CCCCC3)c(C(C)N)oc2=O)C1. The lowest BCUT2D eigenvalue weighted by Crippen LogP contribution is -2.26. The van der Waals surface area contributed by atoms with Crippen molar-refractivity contribution >= 4 is 0 Å². The fourth-order valence-electron chi connectivity index (χ4n) is 4.16. The van der Waals surface area contributed by atoms with Crippen molar-refractivity contribution in [3.8, 4) is 0 Å².